The first-order valence-electron chi connectivity index (χ1n) is 6.98. The fourth-order valence-corrected chi connectivity index (χ4v) is 2.32. The Morgan fingerprint density at radius 3 is 2.55 bits per heavy atom. The van der Waals surface area contributed by atoms with E-state index >= 15 is 0 Å². The lowest BCUT2D eigenvalue weighted by molar-refractivity contribution is 0.628. The monoisotopic (exact) mass is 292 g/mol. The van der Waals surface area contributed by atoms with Crippen LogP contribution in [0.25, 0.3) is 11.1 Å². The number of nitrogens with zero attached hydrogens (tertiary/aromatic N) is 2. The van der Waals surface area contributed by atoms with E-state index in [0.29, 0.717) is 0 Å². The summed E-state index contributed by atoms with van der Waals surface area (Å²) in [6, 6.07) is 6.39. The largest absolute Gasteiger partial charge is 0.226 e. The predicted octanol–water partition coefficient (Wildman–Crippen LogP) is 5.06. The molecule has 4 heteroatoms. The summed E-state index contributed by atoms with van der Waals surface area (Å²) in [5.41, 5.74) is 2.80. The van der Waals surface area contributed by atoms with Gasteiger partial charge in [-0.3, -0.25) is 0 Å². The van der Waals surface area contributed by atoms with E-state index in [2.05, 4.69) is 16.9 Å². The number of benzene rings is 1. The summed E-state index contributed by atoms with van der Waals surface area (Å²) in [6.07, 6.45) is 7.28. The summed E-state index contributed by atoms with van der Waals surface area (Å²) in [5.74, 6) is -0.242. The molecule has 0 N–H and O–H groups in total. The summed E-state index contributed by atoms with van der Waals surface area (Å²) in [4.78, 5) is 8.37. The van der Waals surface area contributed by atoms with Gasteiger partial charge in [0.05, 0.1) is 5.69 Å². The van der Waals surface area contributed by atoms with Gasteiger partial charge in [-0.2, -0.15) is 0 Å². The highest BCUT2D eigenvalue weighted by molar-refractivity contribution is 6.28. The number of halogens is 2. The fraction of sp³-hybridized carbons (Fsp3) is 0.375. The lowest BCUT2D eigenvalue weighted by atomic mass is 10.0. The second kappa shape index (κ2) is 7.34. The maximum atomic E-state index is 13.0. The van der Waals surface area contributed by atoms with Crippen LogP contribution in [-0.4, -0.2) is 9.97 Å². The zero-order valence-corrected chi connectivity index (χ0v) is 12.3. The third-order valence-electron chi connectivity index (χ3n) is 3.26. The number of hydrogen-bond acceptors (Lipinski definition) is 2. The molecule has 0 amide bonds. The second-order valence-electron chi connectivity index (χ2n) is 4.82. The van der Waals surface area contributed by atoms with Crippen LogP contribution < -0.4 is 0 Å². The molecule has 0 aliphatic heterocycles. The van der Waals surface area contributed by atoms with Crippen LogP contribution >= 0.6 is 11.6 Å². The number of hydrogen-bond donors (Lipinski definition) is 0. The molecule has 0 bridgehead atoms. The first-order chi connectivity index (χ1) is 9.70. The van der Waals surface area contributed by atoms with Crippen molar-refractivity contribution in [3.8, 4) is 11.1 Å². The van der Waals surface area contributed by atoms with Crippen molar-refractivity contribution in [2.24, 2.45) is 0 Å². The highest BCUT2D eigenvalue weighted by atomic mass is 35.5. The quantitative estimate of drug-likeness (QED) is 0.549. The van der Waals surface area contributed by atoms with Gasteiger partial charge in [-0.1, -0.05) is 38.3 Å². The Bertz CT molecular complexity index is 555. The zero-order valence-electron chi connectivity index (χ0n) is 11.6. The van der Waals surface area contributed by atoms with E-state index in [1.165, 1.54) is 31.4 Å². The van der Waals surface area contributed by atoms with E-state index in [1.54, 1.807) is 18.3 Å². The Balaban J connectivity index is 2.21. The first kappa shape index (κ1) is 14.9. The number of aryl methyl sites for hydroxylation is 1. The summed E-state index contributed by atoms with van der Waals surface area (Å²) >= 11 is 5.89. The Morgan fingerprint density at radius 1 is 1.10 bits per heavy atom. The van der Waals surface area contributed by atoms with Crippen LogP contribution in [-0.2, 0) is 6.42 Å². The summed E-state index contributed by atoms with van der Waals surface area (Å²) in [5, 5.41) is 0.265. The Kier molecular flexibility index (Phi) is 5.48. The summed E-state index contributed by atoms with van der Waals surface area (Å²) < 4.78 is 13.0. The van der Waals surface area contributed by atoms with Gasteiger partial charge in [0, 0.05) is 11.8 Å². The molecule has 1 aromatic heterocycles. The van der Waals surface area contributed by atoms with E-state index < -0.39 is 0 Å². The molecular weight excluding hydrogens is 275 g/mol. The van der Waals surface area contributed by atoms with Gasteiger partial charge in [-0.05, 0) is 42.1 Å². The summed E-state index contributed by atoms with van der Waals surface area (Å²) in [7, 11) is 0. The molecule has 106 valence electrons. The van der Waals surface area contributed by atoms with Gasteiger partial charge in [0.1, 0.15) is 5.82 Å². The van der Waals surface area contributed by atoms with Gasteiger partial charge in [-0.15, -0.1) is 0 Å². The minimum Gasteiger partial charge on any atom is -0.226 e. The Labute approximate surface area is 124 Å². The average Bonchev–Trinajstić information content (AvgIpc) is 2.45. The van der Waals surface area contributed by atoms with Crippen LogP contribution in [0.3, 0.4) is 0 Å². The van der Waals surface area contributed by atoms with Crippen molar-refractivity contribution in [1.29, 1.82) is 0 Å². The van der Waals surface area contributed by atoms with E-state index in [0.717, 1.165) is 29.7 Å². The Morgan fingerprint density at radius 2 is 1.85 bits per heavy atom. The van der Waals surface area contributed by atoms with Crippen molar-refractivity contribution in [2.75, 3.05) is 0 Å². The summed E-state index contributed by atoms with van der Waals surface area (Å²) in [6.45, 7) is 2.19. The molecule has 0 saturated carbocycles. The van der Waals surface area contributed by atoms with Gasteiger partial charge in [-0.25, -0.2) is 14.4 Å². The molecule has 0 aliphatic carbocycles. The molecule has 0 unspecified atom stereocenters. The molecule has 0 aliphatic rings. The van der Waals surface area contributed by atoms with E-state index in [9.17, 15) is 4.39 Å². The molecular formula is C16H18ClFN2. The van der Waals surface area contributed by atoms with Crippen LogP contribution in [0.1, 0.15) is 38.3 Å². The standard InChI is InChI=1S/C16H18ClFN2/c1-2-3-4-5-6-15-14(11-19-16(17)20-15)12-7-9-13(18)10-8-12/h7-11H,2-6H2,1H3. The van der Waals surface area contributed by atoms with Crippen LogP contribution in [0.15, 0.2) is 30.5 Å². The van der Waals surface area contributed by atoms with Crippen molar-refractivity contribution in [1.82, 2.24) is 9.97 Å². The molecule has 0 fully saturated rings. The van der Waals surface area contributed by atoms with Crippen molar-refractivity contribution in [3.05, 3.63) is 47.3 Å². The van der Waals surface area contributed by atoms with Crippen molar-refractivity contribution in [3.63, 3.8) is 0 Å². The van der Waals surface area contributed by atoms with Gasteiger partial charge in [0.2, 0.25) is 5.28 Å². The van der Waals surface area contributed by atoms with E-state index in [-0.39, 0.29) is 11.1 Å². The lowest BCUT2D eigenvalue weighted by Gasteiger charge is -2.09. The van der Waals surface area contributed by atoms with Crippen LogP contribution in [0.2, 0.25) is 5.28 Å². The van der Waals surface area contributed by atoms with Gasteiger partial charge >= 0.3 is 0 Å². The van der Waals surface area contributed by atoms with Crippen LogP contribution in [0, 0.1) is 5.82 Å². The third-order valence-corrected chi connectivity index (χ3v) is 3.44. The predicted molar refractivity (Wildman–Crippen MR) is 80.3 cm³/mol. The third kappa shape index (κ3) is 4.01. The lowest BCUT2D eigenvalue weighted by Crippen LogP contribution is -1.97. The first-order valence-corrected chi connectivity index (χ1v) is 7.36. The molecule has 2 rings (SSSR count). The molecule has 2 aromatic rings. The van der Waals surface area contributed by atoms with Gasteiger partial charge in [0.15, 0.2) is 0 Å². The van der Waals surface area contributed by atoms with E-state index in [4.69, 9.17) is 11.6 Å². The minimum atomic E-state index is -0.242. The zero-order chi connectivity index (χ0) is 14.4. The highest BCUT2D eigenvalue weighted by Gasteiger charge is 2.09. The SMILES string of the molecule is CCCCCCc1nc(Cl)ncc1-c1ccc(F)cc1. The van der Waals surface area contributed by atoms with Gasteiger partial charge in [0.25, 0.3) is 0 Å². The maximum absolute atomic E-state index is 13.0. The highest BCUT2D eigenvalue weighted by Crippen LogP contribution is 2.24. The maximum Gasteiger partial charge on any atom is 0.222 e. The molecule has 0 atom stereocenters. The van der Waals surface area contributed by atoms with Gasteiger partial charge < -0.3 is 0 Å². The molecule has 1 heterocycles. The molecule has 20 heavy (non-hydrogen) atoms. The molecule has 0 radical (unpaired) electrons. The van der Waals surface area contributed by atoms with Crippen LogP contribution in [0.4, 0.5) is 4.39 Å². The number of rotatable bonds is 6. The minimum absolute atomic E-state index is 0.242. The fourth-order valence-electron chi connectivity index (χ4n) is 2.17. The normalized spacial score (nSPS) is 10.8. The average molecular weight is 293 g/mol. The molecule has 2 nitrogen and oxygen atoms in total. The number of unbranched alkanes of at least 4 members (excludes halogenated alkanes) is 3. The van der Waals surface area contributed by atoms with Crippen LogP contribution in [0.5, 0.6) is 0 Å². The Hall–Kier alpha value is -1.48. The van der Waals surface area contributed by atoms with Crippen molar-refractivity contribution >= 4 is 11.6 Å². The van der Waals surface area contributed by atoms with Crippen molar-refractivity contribution in [2.45, 2.75) is 39.0 Å². The second-order valence-corrected chi connectivity index (χ2v) is 5.16. The molecule has 1 aromatic carbocycles. The van der Waals surface area contributed by atoms with E-state index in [1.807, 2.05) is 0 Å². The topological polar surface area (TPSA) is 25.8 Å². The molecule has 0 saturated heterocycles. The smallest absolute Gasteiger partial charge is 0.222 e. The molecule has 0 spiro atoms. The van der Waals surface area contributed by atoms with Crippen molar-refractivity contribution < 1.29 is 4.39 Å². The number of aromatic nitrogens is 2.